The first-order chi connectivity index (χ1) is 12.2. The summed E-state index contributed by atoms with van der Waals surface area (Å²) >= 11 is 0. The van der Waals surface area contributed by atoms with Crippen LogP contribution in [0.2, 0.25) is 0 Å². The van der Waals surface area contributed by atoms with Crippen molar-refractivity contribution in [3.05, 3.63) is 59.8 Å². The monoisotopic (exact) mass is 338 g/mol. The summed E-state index contributed by atoms with van der Waals surface area (Å²) in [7, 11) is 0. The van der Waals surface area contributed by atoms with Crippen molar-refractivity contribution in [2.24, 2.45) is 0 Å². The van der Waals surface area contributed by atoms with Gasteiger partial charge in [-0.15, -0.1) is 0 Å². The molecule has 0 radical (unpaired) electrons. The molecule has 1 saturated heterocycles. The lowest BCUT2D eigenvalue weighted by Gasteiger charge is -2.17. The van der Waals surface area contributed by atoms with Gasteiger partial charge < -0.3 is 15.5 Å². The zero-order valence-electron chi connectivity index (χ0n) is 14.1. The van der Waals surface area contributed by atoms with E-state index in [2.05, 4.69) is 20.5 Å². The highest BCUT2D eigenvalue weighted by atomic mass is 16.2. The van der Waals surface area contributed by atoms with Gasteiger partial charge in [-0.3, -0.25) is 9.59 Å². The molecule has 2 N–H and O–H groups in total. The first kappa shape index (κ1) is 17.0. The number of hydrogen-bond donors (Lipinski definition) is 2. The van der Waals surface area contributed by atoms with Crippen molar-refractivity contribution in [3.8, 4) is 0 Å². The number of benzene rings is 1. The quantitative estimate of drug-likeness (QED) is 0.841. The van der Waals surface area contributed by atoms with Gasteiger partial charge in [0.25, 0.3) is 5.91 Å². The Morgan fingerprint density at radius 1 is 1.04 bits per heavy atom. The standard InChI is InChI=1S/C19H22N4O2/c24-18(14-22-19(25)16-6-2-1-3-7-16)21-13-15-8-9-20-17(12-15)23-10-4-5-11-23/h1-3,6-9,12H,4-5,10-11,13-14H2,(H,21,24)(H,22,25). The molecule has 0 aliphatic carbocycles. The highest BCUT2D eigenvalue weighted by molar-refractivity contribution is 5.96. The summed E-state index contributed by atoms with van der Waals surface area (Å²) in [5.74, 6) is 0.487. The second-order valence-corrected chi connectivity index (χ2v) is 6.04. The fourth-order valence-electron chi connectivity index (χ4n) is 2.80. The molecule has 1 aliphatic rings. The normalized spacial score (nSPS) is 13.5. The summed E-state index contributed by atoms with van der Waals surface area (Å²) in [5, 5.41) is 5.44. The van der Waals surface area contributed by atoms with Gasteiger partial charge in [0.2, 0.25) is 5.91 Å². The van der Waals surface area contributed by atoms with Crippen LogP contribution in [-0.4, -0.2) is 36.4 Å². The van der Waals surface area contributed by atoms with Gasteiger partial charge in [-0.1, -0.05) is 18.2 Å². The summed E-state index contributed by atoms with van der Waals surface area (Å²) in [6.07, 6.45) is 4.17. The zero-order valence-corrected chi connectivity index (χ0v) is 14.1. The van der Waals surface area contributed by atoms with E-state index in [4.69, 9.17) is 0 Å². The van der Waals surface area contributed by atoms with Gasteiger partial charge in [-0.05, 0) is 42.7 Å². The van der Waals surface area contributed by atoms with Crippen molar-refractivity contribution in [3.63, 3.8) is 0 Å². The molecular weight excluding hydrogens is 316 g/mol. The molecule has 0 spiro atoms. The van der Waals surface area contributed by atoms with E-state index in [9.17, 15) is 9.59 Å². The van der Waals surface area contributed by atoms with E-state index in [1.807, 2.05) is 18.2 Å². The van der Waals surface area contributed by atoms with E-state index in [0.29, 0.717) is 12.1 Å². The Kier molecular flexibility index (Phi) is 5.61. The molecule has 0 bridgehead atoms. The van der Waals surface area contributed by atoms with Crippen LogP contribution in [-0.2, 0) is 11.3 Å². The summed E-state index contributed by atoms with van der Waals surface area (Å²) in [4.78, 5) is 30.5. The number of carbonyl (C=O) groups excluding carboxylic acids is 2. The first-order valence-corrected chi connectivity index (χ1v) is 8.52. The van der Waals surface area contributed by atoms with Crippen LogP contribution in [0.1, 0.15) is 28.8 Å². The topological polar surface area (TPSA) is 74.3 Å². The van der Waals surface area contributed by atoms with E-state index < -0.39 is 0 Å². The molecule has 0 atom stereocenters. The molecule has 1 aromatic heterocycles. The van der Waals surface area contributed by atoms with Gasteiger partial charge in [0, 0.05) is 31.4 Å². The van der Waals surface area contributed by atoms with Crippen molar-refractivity contribution in [2.45, 2.75) is 19.4 Å². The van der Waals surface area contributed by atoms with Gasteiger partial charge in [0.05, 0.1) is 6.54 Å². The second kappa shape index (κ2) is 8.28. The molecule has 6 heteroatoms. The van der Waals surface area contributed by atoms with Crippen molar-refractivity contribution in [1.29, 1.82) is 0 Å². The number of hydrogen-bond acceptors (Lipinski definition) is 4. The van der Waals surface area contributed by atoms with E-state index in [0.717, 1.165) is 24.5 Å². The summed E-state index contributed by atoms with van der Waals surface area (Å²) in [5.41, 5.74) is 1.54. The van der Waals surface area contributed by atoms with Crippen LogP contribution in [0.25, 0.3) is 0 Å². The molecule has 0 unspecified atom stereocenters. The molecule has 6 nitrogen and oxygen atoms in total. The minimum absolute atomic E-state index is 0.0439. The van der Waals surface area contributed by atoms with E-state index in [1.165, 1.54) is 12.8 Å². The molecule has 25 heavy (non-hydrogen) atoms. The number of anilines is 1. The average molecular weight is 338 g/mol. The summed E-state index contributed by atoms with van der Waals surface area (Å²) < 4.78 is 0. The Morgan fingerprint density at radius 2 is 1.80 bits per heavy atom. The predicted octanol–water partition coefficient (Wildman–Crippen LogP) is 1.73. The van der Waals surface area contributed by atoms with Crippen molar-refractivity contribution in [2.75, 3.05) is 24.5 Å². The van der Waals surface area contributed by atoms with Crippen LogP contribution in [0.3, 0.4) is 0 Å². The number of aromatic nitrogens is 1. The summed E-state index contributed by atoms with van der Waals surface area (Å²) in [6.45, 7) is 2.45. The average Bonchev–Trinajstić information content (AvgIpc) is 3.20. The largest absolute Gasteiger partial charge is 0.357 e. The van der Waals surface area contributed by atoms with Crippen LogP contribution in [0.5, 0.6) is 0 Å². The van der Waals surface area contributed by atoms with Crippen molar-refractivity contribution in [1.82, 2.24) is 15.6 Å². The van der Waals surface area contributed by atoms with E-state index in [1.54, 1.807) is 30.5 Å². The lowest BCUT2D eigenvalue weighted by molar-refractivity contribution is -0.120. The number of amides is 2. The highest BCUT2D eigenvalue weighted by Gasteiger charge is 2.13. The minimum atomic E-state index is -0.254. The minimum Gasteiger partial charge on any atom is -0.357 e. The van der Waals surface area contributed by atoms with Gasteiger partial charge in [-0.25, -0.2) is 4.98 Å². The smallest absolute Gasteiger partial charge is 0.251 e. The third-order valence-corrected chi connectivity index (χ3v) is 4.18. The van der Waals surface area contributed by atoms with Crippen molar-refractivity contribution >= 4 is 17.6 Å². The molecule has 0 saturated carbocycles. The molecular formula is C19H22N4O2. The number of pyridine rings is 1. The zero-order chi connectivity index (χ0) is 17.5. The molecule has 1 fully saturated rings. The lowest BCUT2D eigenvalue weighted by atomic mass is 10.2. The number of nitrogens with zero attached hydrogens (tertiary/aromatic N) is 2. The number of rotatable bonds is 6. The van der Waals surface area contributed by atoms with E-state index in [-0.39, 0.29) is 18.4 Å². The molecule has 130 valence electrons. The summed E-state index contributed by atoms with van der Waals surface area (Å²) in [6, 6.07) is 12.7. The van der Waals surface area contributed by atoms with Gasteiger partial charge in [0.1, 0.15) is 5.82 Å². The van der Waals surface area contributed by atoms with Crippen LogP contribution < -0.4 is 15.5 Å². The Morgan fingerprint density at radius 3 is 2.56 bits per heavy atom. The maximum absolute atomic E-state index is 11.9. The third-order valence-electron chi connectivity index (χ3n) is 4.18. The highest BCUT2D eigenvalue weighted by Crippen LogP contribution is 2.18. The lowest BCUT2D eigenvalue weighted by Crippen LogP contribution is -2.36. The molecule has 1 aromatic carbocycles. The third kappa shape index (κ3) is 4.79. The molecule has 2 amide bonds. The van der Waals surface area contributed by atoms with Crippen LogP contribution in [0, 0.1) is 0 Å². The molecule has 2 aromatic rings. The molecule has 2 heterocycles. The Hall–Kier alpha value is -2.89. The Labute approximate surface area is 147 Å². The maximum atomic E-state index is 11.9. The Bertz CT molecular complexity index is 727. The van der Waals surface area contributed by atoms with Crippen LogP contribution in [0.4, 0.5) is 5.82 Å². The van der Waals surface area contributed by atoms with Crippen LogP contribution in [0.15, 0.2) is 48.7 Å². The molecule has 3 rings (SSSR count). The molecule has 1 aliphatic heterocycles. The van der Waals surface area contributed by atoms with Crippen LogP contribution >= 0.6 is 0 Å². The van der Waals surface area contributed by atoms with Gasteiger partial charge >= 0.3 is 0 Å². The Balaban J connectivity index is 1.46. The first-order valence-electron chi connectivity index (χ1n) is 8.52. The second-order valence-electron chi connectivity index (χ2n) is 6.04. The van der Waals surface area contributed by atoms with Gasteiger partial charge in [-0.2, -0.15) is 0 Å². The fourth-order valence-corrected chi connectivity index (χ4v) is 2.80. The maximum Gasteiger partial charge on any atom is 0.251 e. The van der Waals surface area contributed by atoms with Gasteiger partial charge in [0.15, 0.2) is 0 Å². The van der Waals surface area contributed by atoms with Crippen molar-refractivity contribution < 1.29 is 9.59 Å². The SMILES string of the molecule is O=C(CNC(=O)c1ccccc1)NCc1ccnc(N2CCCC2)c1. The fraction of sp³-hybridized carbons (Fsp3) is 0.316. The van der Waals surface area contributed by atoms with E-state index >= 15 is 0 Å². The predicted molar refractivity (Wildman–Crippen MR) is 96.3 cm³/mol. The number of nitrogens with one attached hydrogen (secondary N) is 2. The number of carbonyl (C=O) groups is 2.